The first-order valence-electron chi connectivity index (χ1n) is 10.6. The van der Waals surface area contributed by atoms with Gasteiger partial charge in [0.05, 0.1) is 31.3 Å². The monoisotopic (exact) mass is 448 g/mol. The Kier molecular flexibility index (Phi) is 6.73. The predicted molar refractivity (Wildman–Crippen MR) is 120 cm³/mol. The molecule has 8 nitrogen and oxygen atoms in total. The van der Waals surface area contributed by atoms with E-state index in [0.29, 0.717) is 30.1 Å². The van der Waals surface area contributed by atoms with E-state index >= 15 is 0 Å². The number of furan rings is 1. The molecule has 1 aliphatic heterocycles. The Bertz CT molecular complexity index is 1120. The zero-order valence-corrected chi connectivity index (χ0v) is 18.4. The van der Waals surface area contributed by atoms with Crippen LogP contribution in [-0.4, -0.2) is 42.9 Å². The smallest absolute Gasteiger partial charge is 0.338 e. The number of nitrogens with zero attached hydrogens (tertiary/aromatic N) is 2. The van der Waals surface area contributed by atoms with Gasteiger partial charge in [0.25, 0.3) is 5.91 Å². The van der Waals surface area contributed by atoms with E-state index in [-0.39, 0.29) is 18.6 Å². The third-order valence-corrected chi connectivity index (χ3v) is 5.19. The molecule has 1 aliphatic rings. The fourth-order valence-corrected chi connectivity index (χ4v) is 3.51. The van der Waals surface area contributed by atoms with Crippen molar-refractivity contribution in [1.82, 2.24) is 5.01 Å². The van der Waals surface area contributed by atoms with Crippen molar-refractivity contribution in [2.24, 2.45) is 5.10 Å². The van der Waals surface area contributed by atoms with Gasteiger partial charge in [-0.05, 0) is 73.2 Å². The quantitative estimate of drug-likeness (QED) is 0.479. The standard InChI is InChI=1S/C25H24N2O6/c1-3-31-25(29)18-8-12-20(13-9-18)33-16-24(28)27-22(23-5-4-14-32-23)15-21(26-27)17-6-10-19(30-2)11-7-17/h4-14,22H,3,15-16H2,1-2H3/t22-/m0/s1. The van der Waals surface area contributed by atoms with Crippen molar-refractivity contribution in [3.63, 3.8) is 0 Å². The van der Waals surface area contributed by atoms with Crippen LogP contribution in [0.25, 0.3) is 0 Å². The van der Waals surface area contributed by atoms with E-state index in [1.165, 1.54) is 5.01 Å². The minimum absolute atomic E-state index is 0.213. The lowest BCUT2D eigenvalue weighted by Gasteiger charge is -2.20. The minimum atomic E-state index is -0.404. The number of hydrogen-bond donors (Lipinski definition) is 0. The summed E-state index contributed by atoms with van der Waals surface area (Å²) in [5.41, 5.74) is 2.09. The van der Waals surface area contributed by atoms with Crippen LogP contribution in [0.5, 0.6) is 11.5 Å². The van der Waals surface area contributed by atoms with Crippen LogP contribution in [0.4, 0.5) is 0 Å². The minimum Gasteiger partial charge on any atom is -0.497 e. The average molecular weight is 448 g/mol. The van der Waals surface area contributed by atoms with Gasteiger partial charge in [0.1, 0.15) is 23.3 Å². The third kappa shape index (κ3) is 5.06. The van der Waals surface area contributed by atoms with E-state index in [2.05, 4.69) is 5.10 Å². The van der Waals surface area contributed by atoms with Crippen molar-refractivity contribution in [1.29, 1.82) is 0 Å². The molecule has 0 fully saturated rings. The number of methoxy groups -OCH3 is 1. The van der Waals surface area contributed by atoms with Gasteiger partial charge < -0.3 is 18.6 Å². The van der Waals surface area contributed by atoms with Crippen molar-refractivity contribution >= 4 is 17.6 Å². The number of hydrazone groups is 1. The van der Waals surface area contributed by atoms with Gasteiger partial charge in [0, 0.05) is 6.42 Å². The van der Waals surface area contributed by atoms with E-state index < -0.39 is 5.97 Å². The Balaban J connectivity index is 1.47. The Hall–Kier alpha value is -4.07. The third-order valence-electron chi connectivity index (χ3n) is 5.19. The molecule has 2 aromatic carbocycles. The van der Waals surface area contributed by atoms with Gasteiger partial charge in [-0.15, -0.1) is 0 Å². The highest BCUT2D eigenvalue weighted by atomic mass is 16.5. The highest BCUT2D eigenvalue weighted by Crippen LogP contribution is 2.33. The zero-order valence-electron chi connectivity index (χ0n) is 18.4. The summed E-state index contributed by atoms with van der Waals surface area (Å²) in [4.78, 5) is 24.8. The SMILES string of the molecule is CCOC(=O)c1ccc(OCC(=O)N2N=C(c3ccc(OC)cc3)C[C@H]2c2ccco2)cc1. The molecule has 2 heterocycles. The Morgan fingerprint density at radius 2 is 1.79 bits per heavy atom. The molecule has 0 aliphatic carbocycles. The van der Waals surface area contributed by atoms with Crippen LogP contribution in [0.15, 0.2) is 76.4 Å². The zero-order chi connectivity index (χ0) is 23.2. The summed E-state index contributed by atoms with van der Waals surface area (Å²) in [7, 11) is 1.61. The average Bonchev–Trinajstić information content (AvgIpc) is 3.53. The topological polar surface area (TPSA) is 90.6 Å². The van der Waals surface area contributed by atoms with E-state index in [9.17, 15) is 9.59 Å². The molecule has 4 rings (SSSR count). The Morgan fingerprint density at radius 1 is 1.06 bits per heavy atom. The van der Waals surface area contributed by atoms with Crippen molar-refractivity contribution in [2.45, 2.75) is 19.4 Å². The molecule has 0 bridgehead atoms. The molecule has 3 aromatic rings. The van der Waals surface area contributed by atoms with E-state index in [0.717, 1.165) is 17.0 Å². The maximum atomic E-state index is 13.0. The first-order valence-corrected chi connectivity index (χ1v) is 10.6. The van der Waals surface area contributed by atoms with Crippen LogP contribution < -0.4 is 9.47 Å². The molecule has 0 radical (unpaired) electrons. The lowest BCUT2D eigenvalue weighted by Crippen LogP contribution is -2.31. The number of carbonyl (C=O) groups is 2. The molecule has 33 heavy (non-hydrogen) atoms. The molecule has 1 aromatic heterocycles. The fourth-order valence-electron chi connectivity index (χ4n) is 3.51. The molecule has 0 saturated carbocycles. The van der Waals surface area contributed by atoms with Gasteiger partial charge in [0.15, 0.2) is 6.61 Å². The van der Waals surface area contributed by atoms with Gasteiger partial charge in [-0.2, -0.15) is 5.10 Å². The summed E-state index contributed by atoms with van der Waals surface area (Å²) >= 11 is 0. The van der Waals surface area contributed by atoms with Crippen LogP contribution in [0, 0.1) is 0 Å². The number of esters is 1. The molecule has 0 unspecified atom stereocenters. The van der Waals surface area contributed by atoms with Gasteiger partial charge in [-0.25, -0.2) is 9.80 Å². The molecular formula is C25H24N2O6. The summed E-state index contributed by atoms with van der Waals surface area (Å²) in [5, 5.41) is 5.99. The Morgan fingerprint density at radius 3 is 2.42 bits per heavy atom. The summed E-state index contributed by atoms with van der Waals surface area (Å²) in [6, 6.07) is 17.2. The van der Waals surface area contributed by atoms with E-state index in [1.54, 1.807) is 50.6 Å². The van der Waals surface area contributed by atoms with Crippen LogP contribution in [0.1, 0.15) is 41.1 Å². The van der Waals surface area contributed by atoms with Crippen LogP contribution >= 0.6 is 0 Å². The van der Waals surface area contributed by atoms with Gasteiger partial charge >= 0.3 is 5.97 Å². The van der Waals surface area contributed by atoms with Crippen molar-refractivity contribution in [2.75, 3.05) is 20.3 Å². The molecule has 1 atom stereocenters. The van der Waals surface area contributed by atoms with Crippen molar-refractivity contribution in [3.8, 4) is 11.5 Å². The van der Waals surface area contributed by atoms with Crippen LogP contribution in [0.2, 0.25) is 0 Å². The lowest BCUT2D eigenvalue weighted by molar-refractivity contribution is -0.135. The highest BCUT2D eigenvalue weighted by molar-refractivity contribution is 6.03. The lowest BCUT2D eigenvalue weighted by atomic mass is 10.0. The second kappa shape index (κ2) is 10.0. The molecule has 0 spiro atoms. The number of amides is 1. The number of ether oxygens (including phenoxy) is 3. The Labute approximate surface area is 191 Å². The van der Waals surface area contributed by atoms with Gasteiger partial charge in [-0.1, -0.05) is 0 Å². The largest absolute Gasteiger partial charge is 0.497 e. The fraction of sp³-hybridized carbons (Fsp3) is 0.240. The maximum absolute atomic E-state index is 13.0. The van der Waals surface area contributed by atoms with E-state index in [1.807, 2.05) is 30.3 Å². The van der Waals surface area contributed by atoms with Gasteiger partial charge in [0.2, 0.25) is 0 Å². The molecule has 8 heteroatoms. The molecule has 0 N–H and O–H groups in total. The maximum Gasteiger partial charge on any atom is 0.338 e. The normalized spacial score (nSPS) is 15.2. The molecular weight excluding hydrogens is 424 g/mol. The number of benzene rings is 2. The number of carbonyl (C=O) groups excluding carboxylic acids is 2. The van der Waals surface area contributed by atoms with Crippen LogP contribution in [0.3, 0.4) is 0 Å². The van der Waals surface area contributed by atoms with Crippen LogP contribution in [-0.2, 0) is 9.53 Å². The second-order valence-corrected chi connectivity index (χ2v) is 7.28. The second-order valence-electron chi connectivity index (χ2n) is 7.28. The van der Waals surface area contributed by atoms with Gasteiger partial charge in [-0.3, -0.25) is 4.79 Å². The highest BCUT2D eigenvalue weighted by Gasteiger charge is 2.35. The van der Waals surface area contributed by atoms with Crippen molar-refractivity contribution in [3.05, 3.63) is 83.8 Å². The summed E-state index contributed by atoms with van der Waals surface area (Å²) in [6.45, 7) is 1.84. The molecule has 0 saturated heterocycles. The molecule has 1 amide bonds. The number of rotatable bonds is 8. The predicted octanol–water partition coefficient (Wildman–Crippen LogP) is 4.22. The first kappa shape index (κ1) is 22.1. The van der Waals surface area contributed by atoms with E-state index in [4.69, 9.17) is 18.6 Å². The summed E-state index contributed by atoms with van der Waals surface area (Å²) < 4.78 is 21.4. The molecule has 170 valence electrons. The summed E-state index contributed by atoms with van der Waals surface area (Å²) in [5.74, 6) is 1.14. The number of hydrogen-bond acceptors (Lipinski definition) is 7. The first-order chi connectivity index (χ1) is 16.1. The van der Waals surface area contributed by atoms with Crippen molar-refractivity contribution < 1.29 is 28.2 Å². The summed E-state index contributed by atoms with van der Waals surface area (Å²) in [6.07, 6.45) is 2.09.